The molecule has 3 N–H and O–H groups in total. The summed E-state index contributed by atoms with van der Waals surface area (Å²) in [6.45, 7) is 3.92. The van der Waals surface area contributed by atoms with E-state index >= 15 is 0 Å². The summed E-state index contributed by atoms with van der Waals surface area (Å²) in [5, 5.41) is 9.20. The molecule has 314 valence electrons. The summed E-state index contributed by atoms with van der Waals surface area (Å²) in [5.74, 6) is 1.28. The Bertz CT molecular complexity index is 2310. The van der Waals surface area contributed by atoms with Crippen LogP contribution in [0, 0.1) is 11.8 Å². The van der Waals surface area contributed by atoms with Gasteiger partial charge in [-0.1, -0.05) is 68.4 Å². The lowest BCUT2D eigenvalue weighted by Crippen LogP contribution is -2.37. The second-order valence-corrected chi connectivity index (χ2v) is 14.3. The van der Waals surface area contributed by atoms with E-state index in [2.05, 4.69) is 9.97 Å². The van der Waals surface area contributed by atoms with Crippen molar-refractivity contribution in [3.8, 4) is 11.5 Å². The van der Waals surface area contributed by atoms with Crippen molar-refractivity contribution in [1.29, 1.82) is 0 Å². The Morgan fingerprint density at radius 1 is 0.610 bits per heavy atom. The molecule has 59 heavy (non-hydrogen) atoms. The Kier molecular flexibility index (Phi) is 13.8. The number of benzene rings is 3. The van der Waals surface area contributed by atoms with Gasteiger partial charge in [-0.3, -0.25) is 28.7 Å². The van der Waals surface area contributed by atoms with Crippen molar-refractivity contribution < 1.29 is 38.3 Å². The Morgan fingerprint density at radius 3 is 1.44 bits per heavy atom. The van der Waals surface area contributed by atoms with E-state index in [0.717, 1.165) is 28.2 Å². The average molecular weight is 815 g/mol. The molecule has 0 amide bonds. The van der Waals surface area contributed by atoms with Crippen LogP contribution in [0.5, 0.6) is 11.5 Å². The van der Waals surface area contributed by atoms with E-state index in [1.54, 1.807) is 21.3 Å². The van der Waals surface area contributed by atoms with E-state index in [4.69, 9.17) is 33.2 Å². The lowest BCUT2D eigenvalue weighted by molar-refractivity contribution is -0.0926. The molecular formula is C43H50N4O12. The largest absolute Gasteiger partial charge is 0.497 e. The molecule has 3 aromatic carbocycles. The third kappa shape index (κ3) is 8.88. The maximum absolute atomic E-state index is 12.6. The van der Waals surface area contributed by atoms with Gasteiger partial charge in [0.1, 0.15) is 29.3 Å². The minimum Gasteiger partial charge on any atom is -0.497 e. The summed E-state index contributed by atoms with van der Waals surface area (Å²) in [6, 6.07) is 28.2. The Morgan fingerprint density at radius 2 is 1.03 bits per heavy atom. The van der Waals surface area contributed by atoms with Crippen molar-refractivity contribution in [3.63, 3.8) is 0 Å². The summed E-state index contributed by atoms with van der Waals surface area (Å²) >= 11 is 0. The fraction of sp³-hybridized carbons (Fsp3) is 0.395. The lowest BCUT2D eigenvalue weighted by Gasteiger charge is -2.37. The third-order valence-corrected chi connectivity index (χ3v) is 11.0. The summed E-state index contributed by atoms with van der Waals surface area (Å²) < 4.78 is 43.6. The number of nitrogens with one attached hydrogen (secondary N) is 2. The molecule has 16 heteroatoms. The van der Waals surface area contributed by atoms with Crippen molar-refractivity contribution in [2.45, 2.75) is 56.3 Å². The molecule has 7 rings (SSSR count). The number of methoxy groups -OCH3 is 4. The second kappa shape index (κ2) is 19.0. The Hall–Kier alpha value is -5.62. The number of aliphatic hydroxyl groups excluding tert-OH is 1. The lowest BCUT2D eigenvalue weighted by atomic mass is 9.80. The molecule has 2 unspecified atom stereocenters. The molecule has 2 aromatic heterocycles. The van der Waals surface area contributed by atoms with E-state index in [-0.39, 0.29) is 31.2 Å². The van der Waals surface area contributed by atoms with Gasteiger partial charge in [0, 0.05) is 50.6 Å². The quantitative estimate of drug-likeness (QED) is 0.147. The maximum Gasteiger partial charge on any atom is 0.330 e. The molecular weight excluding hydrogens is 764 g/mol. The van der Waals surface area contributed by atoms with Crippen LogP contribution in [0.2, 0.25) is 0 Å². The monoisotopic (exact) mass is 814 g/mol. The van der Waals surface area contributed by atoms with E-state index in [9.17, 15) is 24.3 Å². The number of hydrogen-bond donors (Lipinski definition) is 3. The number of hydrogen-bond acceptors (Lipinski definition) is 12. The fourth-order valence-corrected chi connectivity index (χ4v) is 7.75. The van der Waals surface area contributed by atoms with Crippen LogP contribution in [-0.2, 0) is 29.3 Å². The van der Waals surface area contributed by atoms with Crippen LogP contribution in [-0.4, -0.2) is 90.3 Å². The van der Waals surface area contributed by atoms with Gasteiger partial charge in [-0.25, -0.2) is 9.59 Å². The van der Waals surface area contributed by atoms with Gasteiger partial charge < -0.3 is 38.3 Å². The molecule has 0 spiro atoms. The number of ether oxygens (including phenoxy) is 7. The summed E-state index contributed by atoms with van der Waals surface area (Å²) in [5.41, 5.74) is -0.341. The highest BCUT2D eigenvalue weighted by atomic mass is 16.6. The van der Waals surface area contributed by atoms with Gasteiger partial charge in [0.05, 0.1) is 39.6 Å². The van der Waals surface area contributed by atoms with Gasteiger partial charge in [-0.05, 0) is 41.0 Å². The number of aromatic nitrogens is 4. The number of aliphatic hydroxyl groups is 1. The van der Waals surface area contributed by atoms with E-state index in [0.29, 0.717) is 0 Å². The van der Waals surface area contributed by atoms with Crippen LogP contribution >= 0.6 is 0 Å². The first-order valence-electron chi connectivity index (χ1n) is 19.1. The highest BCUT2D eigenvalue weighted by molar-refractivity contribution is 5.49. The molecule has 0 bridgehead atoms. The average Bonchev–Trinajstić information content (AvgIpc) is 3.75. The molecule has 0 aliphatic carbocycles. The topological polar surface area (TPSA) is 195 Å². The van der Waals surface area contributed by atoms with Crippen molar-refractivity contribution in [3.05, 3.63) is 162 Å². The predicted molar refractivity (Wildman–Crippen MR) is 216 cm³/mol. The highest BCUT2D eigenvalue weighted by Gasteiger charge is 2.47. The summed E-state index contributed by atoms with van der Waals surface area (Å²) in [6.07, 6.45) is -0.207. The van der Waals surface area contributed by atoms with Gasteiger partial charge in [0.2, 0.25) is 0 Å². The highest BCUT2D eigenvalue weighted by Crippen LogP contribution is 2.44. The van der Waals surface area contributed by atoms with Crippen LogP contribution in [0.15, 0.2) is 123 Å². The van der Waals surface area contributed by atoms with Crippen LogP contribution < -0.4 is 32.0 Å². The normalized spacial score (nSPS) is 24.0. The molecule has 4 heterocycles. The van der Waals surface area contributed by atoms with Crippen LogP contribution in [0.4, 0.5) is 0 Å². The molecule has 8 atom stereocenters. The molecule has 0 radical (unpaired) electrons. The third-order valence-electron chi connectivity index (χ3n) is 11.0. The SMILES string of the molecule is COC1[C@@H](C)[C@@H](CO)O[C@H]1n1ccc(=O)[nH]c1=O.COc1ccc(C(OC[C@H]2O[C@@H](n3ccc(=O)[nH]c3=O)C(OC)[C@H]2C)(c2ccccc2)c2ccc(OC)cc2)cc1. The Balaban J connectivity index is 0.000000271. The zero-order valence-electron chi connectivity index (χ0n) is 33.7. The van der Waals surface area contributed by atoms with E-state index < -0.39 is 58.9 Å². The van der Waals surface area contributed by atoms with Gasteiger partial charge in [-0.15, -0.1) is 0 Å². The standard InChI is InChI=1S/C32H34N2O7.C11H16N2O5/c1-21-27(41-30(29(21)39-4)34-19-18-28(35)33-31(34)36)20-40-32(22-8-6-5-7-9-22,23-10-14-25(37-2)15-11-23)24-12-16-26(38-3)17-13-24;1-6-7(5-14)18-10(9(6)17-2)13-4-3-8(15)12-11(13)16/h5-19,21,27,29-30H,20H2,1-4H3,(H,33,35,36);3-4,6-7,9-10,14H,5H2,1-2H3,(H,12,15,16)/t21-,27+,29?,30+;6-,7+,9?,10+/m00/s1. The number of nitrogens with zero attached hydrogens (tertiary/aromatic N) is 2. The molecule has 2 saturated heterocycles. The molecule has 5 aromatic rings. The van der Waals surface area contributed by atoms with Crippen molar-refractivity contribution in [2.75, 3.05) is 41.7 Å². The van der Waals surface area contributed by atoms with Gasteiger partial charge in [0.25, 0.3) is 11.1 Å². The fourth-order valence-electron chi connectivity index (χ4n) is 7.75. The van der Waals surface area contributed by atoms with E-state index in [1.165, 1.54) is 40.8 Å². The first kappa shape index (κ1) is 43.0. The first-order valence-corrected chi connectivity index (χ1v) is 19.1. The predicted octanol–water partition coefficient (Wildman–Crippen LogP) is 3.19. The van der Waals surface area contributed by atoms with Crippen LogP contribution in [0.25, 0.3) is 0 Å². The molecule has 0 saturated carbocycles. The van der Waals surface area contributed by atoms with Gasteiger partial charge in [-0.2, -0.15) is 0 Å². The summed E-state index contributed by atoms with van der Waals surface area (Å²) in [4.78, 5) is 51.4. The zero-order chi connectivity index (χ0) is 42.3. The van der Waals surface area contributed by atoms with Crippen LogP contribution in [0.1, 0.15) is 43.0 Å². The molecule has 2 fully saturated rings. The van der Waals surface area contributed by atoms with Crippen molar-refractivity contribution in [2.24, 2.45) is 11.8 Å². The van der Waals surface area contributed by atoms with E-state index in [1.807, 2.05) is 92.7 Å². The van der Waals surface area contributed by atoms with Crippen molar-refractivity contribution in [1.82, 2.24) is 19.1 Å². The first-order chi connectivity index (χ1) is 28.5. The van der Waals surface area contributed by atoms with Gasteiger partial charge in [0.15, 0.2) is 12.5 Å². The van der Waals surface area contributed by atoms with Crippen LogP contribution in [0.3, 0.4) is 0 Å². The maximum atomic E-state index is 12.6. The second-order valence-electron chi connectivity index (χ2n) is 14.3. The van der Waals surface area contributed by atoms with Crippen molar-refractivity contribution >= 4 is 0 Å². The molecule has 2 aliphatic rings. The number of H-pyrrole nitrogens is 2. The number of aromatic amines is 2. The summed E-state index contributed by atoms with van der Waals surface area (Å²) in [7, 11) is 6.37. The van der Waals surface area contributed by atoms with Gasteiger partial charge >= 0.3 is 11.4 Å². The molecule has 2 aliphatic heterocycles. The zero-order valence-corrected chi connectivity index (χ0v) is 33.7. The minimum absolute atomic E-state index is 0.0520. The molecule has 16 nitrogen and oxygen atoms in total. The Labute approximate surface area is 339 Å². The number of rotatable bonds is 13. The minimum atomic E-state index is -1.02. The smallest absolute Gasteiger partial charge is 0.330 e.